The van der Waals surface area contributed by atoms with Gasteiger partial charge in [-0.25, -0.2) is 0 Å². The molecule has 2 heterocycles. The molecule has 7 heteroatoms. The predicted molar refractivity (Wildman–Crippen MR) is 74.2 cm³/mol. The van der Waals surface area contributed by atoms with Gasteiger partial charge in [0.05, 0.1) is 11.7 Å². The quantitative estimate of drug-likeness (QED) is 0.869. The van der Waals surface area contributed by atoms with Gasteiger partial charge in [-0.05, 0) is 18.2 Å². The average molecular weight is 275 g/mol. The van der Waals surface area contributed by atoms with Crippen LogP contribution in [0.5, 0.6) is 0 Å². The number of carbonyl (C=O) groups excluding carboxylic acids is 1. The first-order valence-electron chi connectivity index (χ1n) is 5.90. The molecule has 1 atom stereocenters. The molecule has 19 heavy (non-hydrogen) atoms. The number of rotatable bonds is 3. The minimum atomic E-state index is -0.108. The number of hydrogen-bond acceptors (Lipinski definition) is 5. The van der Waals surface area contributed by atoms with Gasteiger partial charge in [0.15, 0.2) is 0 Å². The van der Waals surface area contributed by atoms with Crippen molar-refractivity contribution in [2.24, 2.45) is 0 Å². The second kappa shape index (κ2) is 5.41. The molecule has 1 unspecified atom stereocenters. The predicted octanol–water partition coefficient (Wildman–Crippen LogP) is 0.868. The standard InChI is InChI=1S/C12H13N5OS/c18-12(11-5-19-8-13-11)16-9-2-1-3-10(4-9)17-6-14-15-7-17/h1-4,6-7,11,13H,5,8H2,(H,16,18). The van der Waals surface area contributed by atoms with Gasteiger partial charge in [-0.3, -0.25) is 14.7 Å². The molecule has 0 bridgehead atoms. The maximum atomic E-state index is 12.0. The van der Waals surface area contributed by atoms with Gasteiger partial charge in [0, 0.05) is 17.3 Å². The molecule has 1 saturated heterocycles. The third kappa shape index (κ3) is 2.77. The van der Waals surface area contributed by atoms with Gasteiger partial charge < -0.3 is 5.32 Å². The number of carbonyl (C=O) groups is 1. The lowest BCUT2D eigenvalue weighted by Gasteiger charge is -2.11. The fourth-order valence-electron chi connectivity index (χ4n) is 1.87. The fraction of sp³-hybridized carbons (Fsp3) is 0.250. The molecule has 1 fully saturated rings. The van der Waals surface area contributed by atoms with Crippen LogP contribution in [0.1, 0.15) is 0 Å². The monoisotopic (exact) mass is 275 g/mol. The summed E-state index contributed by atoms with van der Waals surface area (Å²) < 4.78 is 1.79. The van der Waals surface area contributed by atoms with E-state index in [4.69, 9.17) is 0 Å². The zero-order valence-electron chi connectivity index (χ0n) is 10.1. The highest BCUT2D eigenvalue weighted by atomic mass is 32.2. The molecule has 0 aliphatic carbocycles. The lowest BCUT2D eigenvalue weighted by molar-refractivity contribution is -0.117. The van der Waals surface area contributed by atoms with Crippen molar-refractivity contribution < 1.29 is 4.79 Å². The van der Waals surface area contributed by atoms with E-state index in [0.717, 1.165) is 23.0 Å². The topological polar surface area (TPSA) is 71.8 Å². The summed E-state index contributed by atoms with van der Waals surface area (Å²) in [6, 6.07) is 7.48. The van der Waals surface area contributed by atoms with Crippen LogP contribution in [0, 0.1) is 0 Å². The van der Waals surface area contributed by atoms with E-state index in [0.29, 0.717) is 0 Å². The van der Waals surface area contributed by atoms with Crippen LogP contribution in [0.3, 0.4) is 0 Å². The van der Waals surface area contributed by atoms with E-state index in [9.17, 15) is 4.79 Å². The van der Waals surface area contributed by atoms with Crippen LogP contribution in [0.2, 0.25) is 0 Å². The van der Waals surface area contributed by atoms with Crippen molar-refractivity contribution in [2.45, 2.75) is 6.04 Å². The van der Waals surface area contributed by atoms with Gasteiger partial charge >= 0.3 is 0 Å². The largest absolute Gasteiger partial charge is 0.325 e. The Labute approximate surface area is 114 Å². The lowest BCUT2D eigenvalue weighted by Crippen LogP contribution is -2.37. The van der Waals surface area contributed by atoms with E-state index >= 15 is 0 Å². The Hall–Kier alpha value is -1.86. The number of hydrogen-bond donors (Lipinski definition) is 2. The van der Waals surface area contributed by atoms with Crippen molar-refractivity contribution in [3.05, 3.63) is 36.9 Å². The first-order chi connectivity index (χ1) is 9.33. The lowest BCUT2D eigenvalue weighted by atomic mass is 10.2. The van der Waals surface area contributed by atoms with Crippen molar-refractivity contribution in [3.8, 4) is 5.69 Å². The molecule has 6 nitrogen and oxygen atoms in total. The van der Waals surface area contributed by atoms with E-state index in [1.54, 1.807) is 29.0 Å². The van der Waals surface area contributed by atoms with Crippen LogP contribution in [-0.2, 0) is 4.79 Å². The molecule has 0 radical (unpaired) electrons. The van der Waals surface area contributed by atoms with Crippen molar-refractivity contribution in [1.82, 2.24) is 20.1 Å². The molecule has 0 spiro atoms. The highest BCUT2D eigenvalue weighted by molar-refractivity contribution is 7.99. The van der Waals surface area contributed by atoms with Crippen molar-refractivity contribution >= 4 is 23.4 Å². The summed E-state index contributed by atoms with van der Waals surface area (Å²) in [6.07, 6.45) is 3.24. The van der Waals surface area contributed by atoms with E-state index in [2.05, 4.69) is 20.8 Å². The molecule has 2 N–H and O–H groups in total. The maximum Gasteiger partial charge on any atom is 0.242 e. The number of benzene rings is 1. The molecule has 2 aromatic rings. The number of nitrogens with zero attached hydrogens (tertiary/aromatic N) is 3. The average Bonchev–Trinajstić information content (AvgIpc) is 3.13. The normalized spacial score (nSPS) is 18.4. The summed E-state index contributed by atoms with van der Waals surface area (Å²) in [5.74, 6) is 1.65. The van der Waals surface area contributed by atoms with Gasteiger partial charge in [-0.15, -0.1) is 22.0 Å². The van der Waals surface area contributed by atoms with Gasteiger partial charge in [0.2, 0.25) is 5.91 Å². The van der Waals surface area contributed by atoms with Crippen LogP contribution < -0.4 is 10.6 Å². The Bertz CT molecular complexity index is 565. The molecule has 98 valence electrons. The van der Waals surface area contributed by atoms with Gasteiger partial charge in [0.1, 0.15) is 12.7 Å². The Morgan fingerprint density at radius 3 is 3.00 bits per heavy atom. The molecular formula is C12H13N5OS. The summed E-state index contributed by atoms with van der Waals surface area (Å²) >= 11 is 1.73. The number of anilines is 1. The summed E-state index contributed by atoms with van der Waals surface area (Å²) in [5.41, 5.74) is 1.69. The third-order valence-electron chi connectivity index (χ3n) is 2.86. The number of thioether (sulfide) groups is 1. The molecule has 0 saturated carbocycles. The maximum absolute atomic E-state index is 12.0. The van der Waals surface area contributed by atoms with Crippen LogP contribution in [0.25, 0.3) is 5.69 Å². The van der Waals surface area contributed by atoms with Gasteiger partial charge in [-0.2, -0.15) is 0 Å². The van der Waals surface area contributed by atoms with E-state index < -0.39 is 0 Å². The molecule has 1 aromatic heterocycles. The Kier molecular flexibility index (Phi) is 3.47. The molecular weight excluding hydrogens is 262 g/mol. The number of aromatic nitrogens is 3. The van der Waals surface area contributed by atoms with Crippen molar-refractivity contribution in [1.29, 1.82) is 0 Å². The Morgan fingerprint density at radius 2 is 2.26 bits per heavy atom. The van der Waals surface area contributed by atoms with Crippen LogP contribution >= 0.6 is 11.8 Å². The summed E-state index contributed by atoms with van der Waals surface area (Å²) in [7, 11) is 0. The number of nitrogens with one attached hydrogen (secondary N) is 2. The molecule has 1 aromatic carbocycles. The molecule has 1 amide bonds. The first kappa shape index (κ1) is 12.2. The zero-order valence-corrected chi connectivity index (χ0v) is 10.9. The summed E-state index contributed by atoms with van der Waals surface area (Å²) in [4.78, 5) is 12.0. The van der Waals surface area contributed by atoms with E-state index in [1.807, 2.05) is 24.3 Å². The Balaban J connectivity index is 1.74. The highest BCUT2D eigenvalue weighted by Crippen LogP contribution is 2.16. The minimum Gasteiger partial charge on any atom is -0.325 e. The second-order valence-corrected chi connectivity index (χ2v) is 5.21. The van der Waals surface area contributed by atoms with Crippen LogP contribution in [0.4, 0.5) is 5.69 Å². The minimum absolute atomic E-state index is 0.00547. The first-order valence-corrected chi connectivity index (χ1v) is 7.05. The molecule has 1 aliphatic rings. The van der Waals surface area contributed by atoms with Crippen molar-refractivity contribution in [3.63, 3.8) is 0 Å². The van der Waals surface area contributed by atoms with Crippen LogP contribution in [0.15, 0.2) is 36.9 Å². The summed E-state index contributed by atoms with van der Waals surface area (Å²) in [5, 5.41) is 13.6. The molecule has 3 rings (SSSR count). The van der Waals surface area contributed by atoms with Gasteiger partial charge in [0.25, 0.3) is 0 Å². The summed E-state index contributed by atoms with van der Waals surface area (Å²) in [6.45, 7) is 0. The zero-order chi connectivity index (χ0) is 13.1. The van der Waals surface area contributed by atoms with E-state index in [-0.39, 0.29) is 11.9 Å². The van der Waals surface area contributed by atoms with E-state index in [1.165, 1.54) is 0 Å². The number of amides is 1. The fourth-order valence-corrected chi connectivity index (χ4v) is 2.81. The van der Waals surface area contributed by atoms with Gasteiger partial charge in [-0.1, -0.05) is 6.07 Å². The SMILES string of the molecule is O=C(Nc1cccc(-n2cnnc2)c1)C1CSCN1. The second-order valence-electron chi connectivity index (χ2n) is 4.18. The smallest absolute Gasteiger partial charge is 0.242 e. The highest BCUT2D eigenvalue weighted by Gasteiger charge is 2.22. The van der Waals surface area contributed by atoms with Crippen LogP contribution in [-0.4, -0.2) is 38.3 Å². The van der Waals surface area contributed by atoms with Crippen molar-refractivity contribution in [2.75, 3.05) is 16.9 Å². The molecule has 1 aliphatic heterocycles. The third-order valence-corrected chi connectivity index (χ3v) is 3.80. The Morgan fingerprint density at radius 1 is 1.42 bits per heavy atom.